The third-order valence-corrected chi connectivity index (χ3v) is 2.46. The maximum absolute atomic E-state index is 11.4. The van der Waals surface area contributed by atoms with Crippen LogP contribution in [0.1, 0.15) is 12.8 Å². The van der Waals surface area contributed by atoms with Crippen LogP contribution in [-0.2, 0) is 14.3 Å². The quantitative estimate of drug-likeness (QED) is 0.548. The number of hydrogen-bond donors (Lipinski definition) is 0. The Hall–Kier alpha value is -0.940. The number of ketones is 1. The third kappa shape index (κ3) is 1.93. The number of rotatable bonds is 1. The molecule has 2 aliphatic rings. The van der Waals surface area contributed by atoms with Gasteiger partial charge in [0.15, 0.2) is 6.23 Å². The van der Waals surface area contributed by atoms with E-state index in [-0.39, 0.29) is 11.7 Å². The van der Waals surface area contributed by atoms with Crippen LogP contribution >= 0.6 is 0 Å². The zero-order valence-corrected chi connectivity index (χ0v) is 7.94. The van der Waals surface area contributed by atoms with Crippen LogP contribution in [0, 0.1) is 0 Å². The number of carbonyl (C=O) groups excluding carboxylic acids is 2. The van der Waals surface area contributed by atoms with Gasteiger partial charge in [0.2, 0.25) is 0 Å². The van der Waals surface area contributed by atoms with Crippen molar-refractivity contribution in [1.82, 2.24) is 10.2 Å². The first-order chi connectivity index (χ1) is 6.77. The fraction of sp³-hybridized carbons (Fsp3) is 0.778. The maximum atomic E-state index is 11.4. The van der Waals surface area contributed by atoms with Gasteiger partial charge < -0.3 is 4.74 Å². The molecule has 2 fully saturated rings. The van der Waals surface area contributed by atoms with E-state index in [0.717, 1.165) is 13.0 Å². The number of ether oxygens (including phenoxy) is 1. The first-order valence-electron chi connectivity index (χ1n) is 4.86. The zero-order valence-electron chi connectivity index (χ0n) is 7.94. The van der Waals surface area contributed by atoms with Crippen molar-refractivity contribution in [3.8, 4) is 0 Å². The number of morpholine rings is 1. The van der Waals surface area contributed by atoms with Gasteiger partial charge in [0.1, 0.15) is 5.78 Å². The minimum atomic E-state index is -0.604. The summed E-state index contributed by atoms with van der Waals surface area (Å²) < 4.78 is 5.31. The Bertz CT molecular complexity index is 254. The lowest BCUT2D eigenvalue weighted by atomic mass is 10.1. The Morgan fingerprint density at radius 3 is 3.00 bits per heavy atom. The van der Waals surface area contributed by atoms with E-state index in [2.05, 4.69) is 5.32 Å². The monoisotopic (exact) mass is 197 g/mol. The van der Waals surface area contributed by atoms with Gasteiger partial charge in [-0.05, 0) is 6.42 Å². The summed E-state index contributed by atoms with van der Waals surface area (Å²) in [4.78, 5) is 24.3. The minimum absolute atomic E-state index is 0.179. The summed E-state index contributed by atoms with van der Waals surface area (Å²) in [5.41, 5.74) is 0. The third-order valence-electron chi connectivity index (χ3n) is 2.46. The Labute approximate surface area is 82.4 Å². The molecule has 2 aliphatic heterocycles. The number of nitrogens with zero attached hydrogens (tertiary/aromatic N) is 2. The van der Waals surface area contributed by atoms with E-state index >= 15 is 0 Å². The van der Waals surface area contributed by atoms with Crippen LogP contribution in [0.4, 0.5) is 0 Å². The second-order valence-corrected chi connectivity index (χ2v) is 3.56. The van der Waals surface area contributed by atoms with Crippen LogP contribution in [-0.4, -0.2) is 49.1 Å². The molecule has 5 heteroatoms. The van der Waals surface area contributed by atoms with Crippen molar-refractivity contribution in [3.05, 3.63) is 0 Å². The first-order valence-corrected chi connectivity index (χ1v) is 4.86. The minimum Gasteiger partial charge on any atom is -0.352 e. The average Bonchev–Trinajstić information content (AvgIpc) is 2.18. The molecular weight excluding hydrogens is 184 g/mol. The predicted molar refractivity (Wildman–Crippen MR) is 47.6 cm³/mol. The molecule has 2 rings (SSSR count). The van der Waals surface area contributed by atoms with E-state index in [0.29, 0.717) is 26.1 Å². The Balaban J connectivity index is 1.98. The molecule has 0 saturated carbocycles. The molecule has 2 heterocycles. The highest BCUT2D eigenvalue weighted by Gasteiger charge is 2.32. The van der Waals surface area contributed by atoms with E-state index in [1.165, 1.54) is 0 Å². The highest BCUT2D eigenvalue weighted by atomic mass is 16.5. The van der Waals surface area contributed by atoms with Gasteiger partial charge in [-0.25, -0.2) is 5.32 Å². The van der Waals surface area contributed by atoms with Crippen LogP contribution in [0.5, 0.6) is 0 Å². The molecule has 0 bridgehead atoms. The van der Waals surface area contributed by atoms with Gasteiger partial charge in [-0.2, -0.15) is 0 Å². The standard InChI is InChI=1S/C9H13N2O3/c12-7-2-1-4-11(6-7)9-8(13)10-3-5-14-9/h9H,1-6H2. The molecule has 0 N–H and O–H groups in total. The van der Waals surface area contributed by atoms with E-state index in [1.54, 1.807) is 4.90 Å². The van der Waals surface area contributed by atoms with Crippen LogP contribution in [0.15, 0.2) is 0 Å². The molecule has 1 atom stereocenters. The molecule has 5 nitrogen and oxygen atoms in total. The van der Waals surface area contributed by atoms with E-state index in [4.69, 9.17) is 4.74 Å². The molecule has 2 saturated heterocycles. The van der Waals surface area contributed by atoms with E-state index in [1.807, 2.05) is 0 Å². The lowest BCUT2D eigenvalue weighted by Crippen LogP contribution is -2.53. The molecule has 1 radical (unpaired) electrons. The second-order valence-electron chi connectivity index (χ2n) is 3.56. The summed E-state index contributed by atoms with van der Waals surface area (Å²) in [6.07, 6.45) is 0.827. The predicted octanol–water partition coefficient (Wildman–Crippen LogP) is -0.861. The summed E-state index contributed by atoms with van der Waals surface area (Å²) in [6.45, 7) is 1.99. The van der Waals surface area contributed by atoms with Gasteiger partial charge in [0.25, 0.3) is 5.91 Å². The van der Waals surface area contributed by atoms with Crippen LogP contribution < -0.4 is 5.32 Å². The normalized spacial score (nSPS) is 30.1. The summed E-state index contributed by atoms with van der Waals surface area (Å²) >= 11 is 0. The number of Topliss-reactive ketones (excluding diaryl/α,β-unsaturated/α-hetero) is 1. The summed E-state index contributed by atoms with van der Waals surface area (Å²) in [5.74, 6) is -0.0656. The number of amides is 1. The highest BCUT2D eigenvalue weighted by Crippen LogP contribution is 2.12. The lowest BCUT2D eigenvalue weighted by molar-refractivity contribution is -0.157. The second kappa shape index (κ2) is 4.06. The number of piperidine rings is 1. The zero-order chi connectivity index (χ0) is 9.97. The largest absolute Gasteiger partial charge is 0.352 e. The van der Waals surface area contributed by atoms with Gasteiger partial charge in [0, 0.05) is 13.0 Å². The summed E-state index contributed by atoms with van der Waals surface area (Å²) in [6, 6.07) is 0. The Kier molecular flexibility index (Phi) is 2.79. The Morgan fingerprint density at radius 1 is 1.43 bits per heavy atom. The summed E-state index contributed by atoms with van der Waals surface area (Å²) in [7, 11) is 0. The summed E-state index contributed by atoms with van der Waals surface area (Å²) in [5, 5.41) is 3.79. The topological polar surface area (TPSA) is 60.7 Å². The van der Waals surface area contributed by atoms with Gasteiger partial charge in [0.05, 0.1) is 19.7 Å². The molecule has 0 aromatic rings. The molecule has 14 heavy (non-hydrogen) atoms. The van der Waals surface area contributed by atoms with E-state index < -0.39 is 6.23 Å². The molecule has 0 aliphatic carbocycles. The lowest BCUT2D eigenvalue weighted by Gasteiger charge is -2.33. The number of hydrogen-bond acceptors (Lipinski definition) is 4. The van der Waals surface area contributed by atoms with Crippen molar-refractivity contribution in [2.24, 2.45) is 0 Å². The SMILES string of the molecule is O=C1CCCN(C2OCC[N]C2=O)C1. The molecular formula is C9H13N2O3. The van der Waals surface area contributed by atoms with Crippen LogP contribution in [0.25, 0.3) is 0 Å². The number of carbonyl (C=O) groups is 2. The van der Waals surface area contributed by atoms with E-state index in [9.17, 15) is 9.59 Å². The number of likely N-dealkylation sites (tertiary alicyclic amines) is 1. The Morgan fingerprint density at radius 2 is 2.29 bits per heavy atom. The fourth-order valence-corrected chi connectivity index (χ4v) is 1.80. The molecule has 1 amide bonds. The first kappa shape index (κ1) is 9.61. The maximum Gasteiger partial charge on any atom is 0.285 e. The van der Waals surface area contributed by atoms with Crippen molar-refractivity contribution < 1.29 is 14.3 Å². The van der Waals surface area contributed by atoms with Crippen molar-refractivity contribution >= 4 is 11.7 Å². The van der Waals surface area contributed by atoms with Crippen molar-refractivity contribution in [2.45, 2.75) is 19.1 Å². The molecule has 77 valence electrons. The van der Waals surface area contributed by atoms with Crippen molar-refractivity contribution in [2.75, 3.05) is 26.2 Å². The highest BCUT2D eigenvalue weighted by molar-refractivity contribution is 5.84. The van der Waals surface area contributed by atoms with Gasteiger partial charge >= 0.3 is 0 Å². The molecule has 0 aromatic heterocycles. The van der Waals surface area contributed by atoms with Crippen molar-refractivity contribution in [3.63, 3.8) is 0 Å². The molecule has 0 aromatic carbocycles. The van der Waals surface area contributed by atoms with Crippen LogP contribution in [0.2, 0.25) is 0 Å². The molecule has 0 spiro atoms. The van der Waals surface area contributed by atoms with Gasteiger partial charge in [-0.1, -0.05) is 0 Å². The fourth-order valence-electron chi connectivity index (χ4n) is 1.80. The van der Waals surface area contributed by atoms with Gasteiger partial charge in [-0.15, -0.1) is 0 Å². The van der Waals surface area contributed by atoms with Crippen LogP contribution in [0.3, 0.4) is 0 Å². The van der Waals surface area contributed by atoms with Crippen molar-refractivity contribution in [1.29, 1.82) is 0 Å². The average molecular weight is 197 g/mol. The smallest absolute Gasteiger partial charge is 0.285 e. The van der Waals surface area contributed by atoms with Gasteiger partial charge in [-0.3, -0.25) is 14.5 Å². The molecule has 1 unspecified atom stereocenters.